The molecular weight excluding hydrogens is 502 g/mol. The van der Waals surface area contributed by atoms with Gasteiger partial charge in [0.1, 0.15) is 18.2 Å². The molecule has 3 rings (SSSR count). The van der Waals surface area contributed by atoms with Crippen LogP contribution in [-0.4, -0.2) is 5.91 Å². The van der Waals surface area contributed by atoms with Crippen LogP contribution in [0.5, 0.6) is 5.75 Å². The molecule has 0 atom stereocenters. The van der Waals surface area contributed by atoms with Crippen LogP contribution in [0.25, 0.3) is 6.08 Å². The van der Waals surface area contributed by atoms with E-state index in [2.05, 4.69) is 5.32 Å². The van der Waals surface area contributed by atoms with Gasteiger partial charge >= 0.3 is 0 Å². The standard InChI is InChI=1S/C25H18Cl4N2O2/c1-14-3-4-15(2)23(7-14)31-25(32)18(12-30)8-17-10-21(28)24(22(29)11-17)33-13-16-5-6-19(26)20(27)9-16/h3-11H,13H2,1-2H3,(H,31,32)/b18-8+. The zero-order chi connectivity index (χ0) is 24.1. The first-order valence-electron chi connectivity index (χ1n) is 9.74. The number of nitrogens with one attached hydrogen (secondary N) is 1. The van der Waals surface area contributed by atoms with Gasteiger partial charge in [-0.2, -0.15) is 5.26 Å². The van der Waals surface area contributed by atoms with E-state index < -0.39 is 5.91 Å². The van der Waals surface area contributed by atoms with Gasteiger partial charge in [0.05, 0.1) is 20.1 Å². The van der Waals surface area contributed by atoms with Crippen LogP contribution < -0.4 is 10.1 Å². The maximum Gasteiger partial charge on any atom is 0.266 e. The van der Waals surface area contributed by atoms with Gasteiger partial charge in [-0.1, -0.05) is 64.6 Å². The van der Waals surface area contributed by atoms with Gasteiger partial charge in [-0.3, -0.25) is 4.79 Å². The smallest absolute Gasteiger partial charge is 0.266 e. The molecule has 168 valence electrons. The maximum atomic E-state index is 12.6. The van der Waals surface area contributed by atoms with Gasteiger partial charge in [-0.15, -0.1) is 0 Å². The van der Waals surface area contributed by atoms with Crippen LogP contribution in [0.4, 0.5) is 5.69 Å². The third kappa shape index (κ3) is 6.43. The number of nitriles is 1. The Balaban J connectivity index is 1.79. The lowest BCUT2D eigenvalue weighted by Crippen LogP contribution is -2.14. The average Bonchev–Trinajstić information content (AvgIpc) is 2.76. The third-order valence-electron chi connectivity index (χ3n) is 4.71. The molecule has 0 aromatic heterocycles. The second-order valence-corrected chi connectivity index (χ2v) is 8.92. The number of amides is 1. The lowest BCUT2D eigenvalue weighted by atomic mass is 10.1. The molecule has 0 heterocycles. The highest BCUT2D eigenvalue weighted by atomic mass is 35.5. The zero-order valence-corrected chi connectivity index (χ0v) is 20.7. The Morgan fingerprint density at radius 3 is 2.30 bits per heavy atom. The van der Waals surface area contributed by atoms with Crippen molar-refractivity contribution in [3.05, 3.63) is 96.4 Å². The second-order valence-electron chi connectivity index (χ2n) is 7.29. The van der Waals surface area contributed by atoms with Gasteiger partial charge in [0.15, 0.2) is 5.75 Å². The molecule has 0 spiro atoms. The van der Waals surface area contributed by atoms with E-state index in [1.54, 1.807) is 30.3 Å². The Morgan fingerprint density at radius 2 is 1.67 bits per heavy atom. The average molecular weight is 520 g/mol. The predicted molar refractivity (Wildman–Crippen MR) is 135 cm³/mol. The minimum absolute atomic E-state index is 0.0903. The first kappa shape index (κ1) is 25.0. The number of anilines is 1. The Labute approximate surface area is 212 Å². The van der Waals surface area contributed by atoms with Crippen molar-refractivity contribution in [2.24, 2.45) is 0 Å². The van der Waals surface area contributed by atoms with Gasteiger partial charge in [-0.25, -0.2) is 0 Å². The Kier molecular flexibility index (Phi) is 8.29. The van der Waals surface area contributed by atoms with E-state index in [9.17, 15) is 10.1 Å². The van der Waals surface area contributed by atoms with Crippen molar-refractivity contribution in [1.82, 2.24) is 0 Å². The molecule has 0 aliphatic rings. The number of ether oxygens (including phenoxy) is 1. The highest BCUT2D eigenvalue weighted by molar-refractivity contribution is 6.42. The van der Waals surface area contributed by atoms with Crippen LogP contribution in [0.15, 0.2) is 54.1 Å². The maximum absolute atomic E-state index is 12.6. The Bertz CT molecular complexity index is 1270. The fourth-order valence-electron chi connectivity index (χ4n) is 2.96. The van der Waals surface area contributed by atoms with Gasteiger partial charge in [0, 0.05) is 5.69 Å². The number of nitrogens with zero attached hydrogens (tertiary/aromatic N) is 1. The van der Waals surface area contributed by atoms with Gasteiger partial charge in [-0.05, 0) is 72.5 Å². The van der Waals surface area contributed by atoms with Crippen LogP contribution in [0, 0.1) is 25.2 Å². The molecular formula is C25H18Cl4N2O2. The van der Waals surface area contributed by atoms with E-state index in [0.29, 0.717) is 21.3 Å². The van der Waals surface area contributed by atoms with E-state index >= 15 is 0 Å². The zero-order valence-electron chi connectivity index (χ0n) is 17.7. The number of benzene rings is 3. The Hall–Kier alpha value is -2.68. The number of aryl methyl sites for hydroxylation is 2. The van der Waals surface area contributed by atoms with E-state index in [1.807, 2.05) is 38.1 Å². The third-order valence-corrected chi connectivity index (χ3v) is 6.01. The summed E-state index contributed by atoms with van der Waals surface area (Å²) in [5.41, 5.74) is 3.71. The molecule has 1 amide bonds. The molecule has 1 N–H and O–H groups in total. The number of hydrogen-bond donors (Lipinski definition) is 1. The lowest BCUT2D eigenvalue weighted by Gasteiger charge is -2.12. The summed E-state index contributed by atoms with van der Waals surface area (Å²) in [7, 11) is 0. The molecule has 0 unspecified atom stereocenters. The van der Waals surface area contributed by atoms with Crippen molar-refractivity contribution in [3.8, 4) is 11.8 Å². The molecule has 4 nitrogen and oxygen atoms in total. The van der Waals surface area contributed by atoms with Crippen molar-refractivity contribution in [2.75, 3.05) is 5.32 Å². The van der Waals surface area contributed by atoms with Crippen molar-refractivity contribution in [2.45, 2.75) is 20.5 Å². The fraction of sp³-hybridized carbons (Fsp3) is 0.120. The number of rotatable bonds is 6. The summed E-state index contributed by atoms with van der Waals surface area (Å²) in [6.45, 7) is 3.97. The Morgan fingerprint density at radius 1 is 0.970 bits per heavy atom. The van der Waals surface area contributed by atoms with Crippen molar-refractivity contribution < 1.29 is 9.53 Å². The fourth-order valence-corrected chi connectivity index (χ4v) is 3.89. The number of carbonyl (C=O) groups excluding carboxylic acids is 1. The first-order chi connectivity index (χ1) is 15.7. The van der Waals surface area contributed by atoms with Gasteiger partial charge in [0.2, 0.25) is 0 Å². The highest BCUT2D eigenvalue weighted by Crippen LogP contribution is 2.36. The number of hydrogen-bond acceptors (Lipinski definition) is 3. The summed E-state index contributed by atoms with van der Waals surface area (Å²) in [4.78, 5) is 12.6. The van der Waals surface area contributed by atoms with Crippen molar-refractivity contribution >= 4 is 64.1 Å². The molecule has 0 aliphatic heterocycles. The summed E-state index contributed by atoms with van der Waals surface area (Å²) in [6.07, 6.45) is 1.42. The molecule has 3 aromatic carbocycles. The molecule has 33 heavy (non-hydrogen) atoms. The first-order valence-corrected chi connectivity index (χ1v) is 11.2. The van der Waals surface area contributed by atoms with Crippen LogP contribution >= 0.6 is 46.4 Å². The van der Waals surface area contributed by atoms with Crippen LogP contribution in [0.2, 0.25) is 20.1 Å². The molecule has 0 saturated carbocycles. The SMILES string of the molecule is Cc1ccc(C)c(NC(=O)/C(C#N)=C/c2cc(Cl)c(OCc3ccc(Cl)c(Cl)c3)c(Cl)c2)c1. The van der Waals surface area contributed by atoms with Gasteiger partial charge in [0.25, 0.3) is 5.91 Å². The summed E-state index contributed by atoms with van der Waals surface area (Å²) in [5.74, 6) is -0.252. The molecule has 0 radical (unpaired) electrons. The minimum Gasteiger partial charge on any atom is -0.486 e. The molecule has 3 aromatic rings. The summed E-state index contributed by atoms with van der Waals surface area (Å²) in [6, 6.07) is 15.9. The normalized spacial score (nSPS) is 11.1. The monoisotopic (exact) mass is 518 g/mol. The molecule has 0 saturated heterocycles. The number of halogens is 4. The summed E-state index contributed by atoms with van der Waals surface area (Å²) in [5, 5.41) is 13.6. The number of carbonyl (C=O) groups is 1. The largest absolute Gasteiger partial charge is 0.486 e. The van der Waals surface area contributed by atoms with Crippen LogP contribution in [-0.2, 0) is 11.4 Å². The minimum atomic E-state index is -0.529. The molecule has 0 bridgehead atoms. The van der Waals surface area contributed by atoms with E-state index in [-0.39, 0.29) is 28.0 Å². The van der Waals surface area contributed by atoms with E-state index in [0.717, 1.165) is 16.7 Å². The van der Waals surface area contributed by atoms with E-state index in [4.69, 9.17) is 51.1 Å². The van der Waals surface area contributed by atoms with E-state index in [1.165, 1.54) is 6.08 Å². The van der Waals surface area contributed by atoms with Crippen molar-refractivity contribution in [3.63, 3.8) is 0 Å². The molecule has 0 aliphatic carbocycles. The summed E-state index contributed by atoms with van der Waals surface area (Å²) >= 11 is 24.7. The van der Waals surface area contributed by atoms with Gasteiger partial charge < -0.3 is 10.1 Å². The van der Waals surface area contributed by atoms with Crippen LogP contribution in [0.1, 0.15) is 22.3 Å². The summed E-state index contributed by atoms with van der Waals surface area (Å²) < 4.78 is 5.76. The quantitative estimate of drug-likeness (QED) is 0.264. The predicted octanol–water partition coefficient (Wildman–Crippen LogP) is 8.04. The van der Waals surface area contributed by atoms with Crippen molar-refractivity contribution in [1.29, 1.82) is 5.26 Å². The second kappa shape index (κ2) is 11.0. The highest BCUT2D eigenvalue weighted by Gasteiger charge is 2.14. The lowest BCUT2D eigenvalue weighted by molar-refractivity contribution is -0.112. The molecule has 0 fully saturated rings. The van der Waals surface area contributed by atoms with Crippen LogP contribution in [0.3, 0.4) is 0 Å². The molecule has 8 heteroatoms. The topological polar surface area (TPSA) is 62.1 Å².